The van der Waals surface area contributed by atoms with E-state index in [9.17, 15) is 14.4 Å². The van der Waals surface area contributed by atoms with Gasteiger partial charge in [0.25, 0.3) is 0 Å². The number of carbonyl (C=O) groups is 3. The maximum Gasteiger partial charge on any atom is 0.326 e. The highest BCUT2D eigenvalue weighted by atomic mass is 16.4. The van der Waals surface area contributed by atoms with Crippen LogP contribution in [0.3, 0.4) is 0 Å². The van der Waals surface area contributed by atoms with Crippen LogP contribution in [0, 0.1) is 5.92 Å². The van der Waals surface area contributed by atoms with Crippen molar-refractivity contribution in [1.29, 1.82) is 0 Å². The molecule has 0 aromatic heterocycles. The number of carboxylic acids is 1. The van der Waals surface area contributed by atoms with Gasteiger partial charge >= 0.3 is 5.97 Å². The third kappa shape index (κ3) is 5.47. The van der Waals surface area contributed by atoms with Crippen LogP contribution in [0.5, 0.6) is 0 Å². The lowest BCUT2D eigenvalue weighted by molar-refractivity contribution is -0.143. The van der Waals surface area contributed by atoms with E-state index in [-0.39, 0.29) is 24.7 Å². The summed E-state index contributed by atoms with van der Waals surface area (Å²) < 4.78 is 0. The molecular formula is C19H27N3O4. The Morgan fingerprint density at radius 1 is 1.04 bits per heavy atom. The molecule has 7 heteroatoms. The first-order chi connectivity index (χ1) is 12.4. The summed E-state index contributed by atoms with van der Waals surface area (Å²) in [6, 6.07) is 9.14. The van der Waals surface area contributed by atoms with Crippen molar-refractivity contribution in [1.82, 2.24) is 10.2 Å². The number of benzene rings is 1. The first-order valence-corrected chi connectivity index (χ1v) is 8.98. The summed E-state index contributed by atoms with van der Waals surface area (Å²) in [5.74, 6) is -1.73. The number of para-hydroxylation sites is 1. The van der Waals surface area contributed by atoms with Crippen molar-refractivity contribution >= 4 is 23.5 Å². The number of piperazine rings is 1. The molecule has 0 radical (unpaired) electrons. The van der Waals surface area contributed by atoms with E-state index < -0.39 is 17.9 Å². The van der Waals surface area contributed by atoms with E-state index in [1.165, 1.54) is 0 Å². The molecule has 2 rings (SSSR count). The van der Waals surface area contributed by atoms with Crippen molar-refractivity contribution in [3.8, 4) is 0 Å². The Hall–Kier alpha value is -2.57. The topological polar surface area (TPSA) is 90.0 Å². The summed E-state index contributed by atoms with van der Waals surface area (Å²) >= 11 is 0. The summed E-state index contributed by atoms with van der Waals surface area (Å²) in [4.78, 5) is 39.4. The molecule has 1 aliphatic rings. The van der Waals surface area contributed by atoms with Gasteiger partial charge in [0.1, 0.15) is 6.04 Å². The van der Waals surface area contributed by atoms with Crippen molar-refractivity contribution in [2.24, 2.45) is 5.92 Å². The summed E-state index contributed by atoms with van der Waals surface area (Å²) in [5, 5.41) is 11.6. The van der Waals surface area contributed by atoms with E-state index >= 15 is 0 Å². The second-order valence-corrected chi connectivity index (χ2v) is 6.83. The number of carbonyl (C=O) groups excluding carboxylic acids is 2. The summed E-state index contributed by atoms with van der Waals surface area (Å²) in [6.07, 6.45) is 0.107. The number of hydrogen-bond donors (Lipinski definition) is 2. The van der Waals surface area contributed by atoms with Crippen LogP contribution in [0.15, 0.2) is 30.3 Å². The molecule has 0 aliphatic carbocycles. The fraction of sp³-hybridized carbons (Fsp3) is 0.526. The molecule has 2 amide bonds. The minimum absolute atomic E-state index is 0.00817. The fourth-order valence-electron chi connectivity index (χ4n) is 2.99. The van der Waals surface area contributed by atoms with E-state index in [1.54, 1.807) is 18.7 Å². The zero-order valence-corrected chi connectivity index (χ0v) is 15.4. The molecule has 142 valence electrons. The Bertz CT molecular complexity index is 625. The largest absolute Gasteiger partial charge is 0.480 e. The van der Waals surface area contributed by atoms with E-state index in [1.807, 2.05) is 18.2 Å². The Morgan fingerprint density at radius 2 is 1.65 bits per heavy atom. The number of amides is 2. The lowest BCUT2D eigenvalue weighted by Crippen LogP contribution is -2.49. The van der Waals surface area contributed by atoms with E-state index in [0.717, 1.165) is 18.8 Å². The van der Waals surface area contributed by atoms with Crippen LogP contribution >= 0.6 is 0 Å². The predicted molar refractivity (Wildman–Crippen MR) is 98.9 cm³/mol. The van der Waals surface area contributed by atoms with Crippen LogP contribution in [0.1, 0.15) is 26.7 Å². The minimum Gasteiger partial charge on any atom is -0.480 e. The Labute approximate surface area is 154 Å². The zero-order valence-electron chi connectivity index (χ0n) is 15.4. The van der Waals surface area contributed by atoms with Gasteiger partial charge in [0.15, 0.2) is 0 Å². The van der Waals surface area contributed by atoms with Gasteiger partial charge < -0.3 is 20.2 Å². The first-order valence-electron chi connectivity index (χ1n) is 8.98. The Kier molecular flexibility index (Phi) is 7.00. The van der Waals surface area contributed by atoms with Crippen LogP contribution < -0.4 is 10.2 Å². The highest BCUT2D eigenvalue weighted by Crippen LogP contribution is 2.16. The molecular weight excluding hydrogens is 334 g/mol. The number of rotatable bonds is 7. The molecule has 2 N–H and O–H groups in total. The minimum atomic E-state index is -1.06. The van der Waals surface area contributed by atoms with Crippen molar-refractivity contribution in [3.63, 3.8) is 0 Å². The molecule has 0 spiro atoms. The predicted octanol–water partition coefficient (Wildman–Crippen LogP) is 1.34. The molecule has 1 aromatic rings. The molecule has 1 aliphatic heterocycles. The summed E-state index contributed by atoms with van der Waals surface area (Å²) in [7, 11) is 0. The van der Waals surface area contributed by atoms with Gasteiger partial charge in [-0.05, 0) is 18.1 Å². The molecule has 1 saturated heterocycles. The molecule has 1 fully saturated rings. The zero-order chi connectivity index (χ0) is 19.1. The highest BCUT2D eigenvalue weighted by Gasteiger charge is 2.25. The van der Waals surface area contributed by atoms with Gasteiger partial charge in [-0.15, -0.1) is 0 Å². The number of nitrogens with zero attached hydrogens (tertiary/aromatic N) is 2. The third-order valence-corrected chi connectivity index (χ3v) is 4.57. The highest BCUT2D eigenvalue weighted by molar-refractivity contribution is 5.87. The smallest absolute Gasteiger partial charge is 0.326 e. The van der Waals surface area contributed by atoms with Gasteiger partial charge in [-0.1, -0.05) is 32.0 Å². The number of aliphatic carboxylic acids is 1. The molecule has 1 heterocycles. The maximum absolute atomic E-state index is 12.3. The lowest BCUT2D eigenvalue weighted by Gasteiger charge is -2.36. The van der Waals surface area contributed by atoms with Crippen molar-refractivity contribution < 1.29 is 19.5 Å². The first kappa shape index (κ1) is 19.8. The second kappa shape index (κ2) is 9.22. The molecule has 1 atom stereocenters. The second-order valence-electron chi connectivity index (χ2n) is 6.83. The van der Waals surface area contributed by atoms with E-state index in [4.69, 9.17) is 5.11 Å². The molecule has 26 heavy (non-hydrogen) atoms. The molecule has 1 aromatic carbocycles. The van der Waals surface area contributed by atoms with Crippen LogP contribution in [0.2, 0.25) is 0 Å². The van der Waals surface area contributed by atoms with Gasteiger partial charge in [0.2, 0.25) is 11.8 Å². The SMILES string of the molecule is CC(C)[C@@H](NC(=O)CCC(=O)N1CCN(c2ccccc2)CC1)C(=O)O. The Morgan fingerprint density at radius 3 is 2.19 bits per heavy atom. The molecule has 7 nitrogen and oxygen atoms in total. The van der Waals surface area contributed by atoms with Gasteiger partial charge in [-0.3, -0.25) is 9.59 Å². The van der Waals surface area contributed by atoms with Crippen molar-refractivity contribution in [2.45, 2.75) is 32.7 Å². The number of anilines is 1. The number of hydrogen-bond acceptors (Lipinski definition) is 4. The monoisotopic (exact) mass is 361 g/mol. The van der Waals surface area contributed by atoms with Gasteiger partial charge in [0, 0.05) is 44.7 Å². The summed E-state index contributed by atoms with van der Waals surface area (Å²) in [5.41, 5.74) is 1.15. The Balaban J connectivity index is 1.75. The van der Waals surface area contributed by atoms with Gasteiger partial charge in [-0.25, -0.2) is 4.79 Å². The van der Waals surface area contributed by atoms with Crippen LogP contribution in [-0.2, 0) is 14.4 Å². The van der Waals surface area contributed by atoms with Crippen molar-refractivity contribution in [3.05, 3.63) is 30.3 Å². The van der Waals surface area contributed by atoms with E-state index in [2.05, 4.69) is 22.3 Å². The quantitative estimate of drug-likeness (QED) is 0.765. The average Bonchev–Trinajstić information content (AvgIpc) is 2.64. The lowest BCUT2D eigenvalue weighted by atomic mass is 10.0. The summed E-state index contributed by atoms with van der Waals surface area (Å²) in [6.45, 7) is 6.23. The fourth-order valence-corrected chi connectivity index (χ4v) is 2.99. The van der Waals surface area contributed by atoms with Crippen LogP contribution in [0.25, 0.3) is 0 Å². The molecule has 0 unspecified atom stereocenters. The molecule has 0 saturated carbocycles. The average molecular weight is 361 g/mol. The molecule has 0 bridgehead atoms. The normalized spacial score (nSPS) is 15.7. The van der Waals surface area contributed by atoms with Crippen LogP contribution in [0.4, 0.5) is 5.69 Å². The standard InChI is InChI=1S/C19H27N3O4/c1-14(2)18(19(25)26)20-16(23)8-9-17(24)22-12-10-21(11-13-22)15-6-4-3-5-7-15/h3-7,14,18H,8-13H2,1-2H3,(H,20,23)(H,25,26)/t18-/m1/s1. The van der Waals surface area contributed by atoms with E-state index in [0.29, 0.717) is 13.1 Å². The van der Waals surface area contributed by atoms with Crippen LogP contribution in [-0.4, -0.2) is 60.0 Å². The third-order valence-electron chi connectivity index (χ3n) is 4.57. The van der Waals surface area contributed by atoms with Gasteiger partial charge in [0.05, 0.1) is 0 Å². The van der Waals surface area contributed by atoms with Gasteiger partial charge in [-0.2, -0.15) is 0 Å². The van der Waals surface area contributed by atoms with Crippen molar-refractivity contribution in [2.75, 3.05) is 31.1 Å². The number of nitrogens with one attached hydrogen (secondary N) is 1. The maximum atomic E-state index is 12.3. The number of carboxylic acid groups (broad SMARTS) is 1.